The third-order valence-electron chi connectivity index (χ3n) is 2.97. The van der Waals surface area contributed by atoms with Gasteiger partial charge in [-0.15, -0.1) is 0 Å². The number of aromatic carboxylic acids is 1. The van der Waals surface area contributed by atoms with Crippen LogP contribution in [0.1, 0.15) is 50.4 Å². The Balaban J connectivity index is 2.93. The fourth-order valence-electron chi connectivity index (χ4n) is 1.90. The minimum Gasteiger partial charge on any atom is -0.478 e. The largest absolute Gasteiger partial charge is 0.478 e. The monoisotopic (exact) mass is 284 g/mol. The number of hydrogen-bond acceptors (Lipinski definition) is 3. The molecule has 4 nitrogen and oxygen atoms in total. The van der Waals surface area contributed by atoms with Gasteiger partial charge in [-0.25, -0.2) is 9.78 Å². The van der Waals surface area contributed by atoms with Gasteiger partial charge in [-0.2, -0.15) is 0 Å². The Hall–Kier alpha value is -1.29. The van der Waals surface area contributed by atoms with Crippen LogP contribution in [0, 0.1) is 0 Å². The van der Waals surface area contributed by atoms with Gasteiger partial charge in [0.25, 0.3) is 0 Å². The molecule has 19 heavy (non-hydrogen) atoms. The first-order chi connectivity index (χ1) is 8.97. The quantitative estimate of drug-likeness (QED) is 0.773. The molecule has 0 atom stereocenters. The van der Waals surface area contributed by atoms with E-state index in [4.69, 9.17) is 16.7 Å². The first-order valence-corrected chi connectivity index (χ1v) is 7.00. The highest BCUT2D eigenvalue weighted by atomic mass is 35.5. The minimum atomic E-state index is -1.01. The van der Waals surface area contributed by atoms with Gasteiger partial charge in [0.1, 0.15) is 5.82 Å². The van der Waals surface area contributed by atoms with Crippen LogP contribution >= 0.6 is 11.6 Å². The van der Waals surface area contributed by atoms with Crippen LogP contribution in [0.4, 0.5) is 5.82 Å². The first kappa shape index (κ1) is 15.8. The van der Waals surface area contributed by atoms with Gasteiger partial charge in [0.2, 0.25) is 0 Å². The van der Waals surface area contributed by atoms with Crippen LogP contribution in [0.25, 0.3) is 0 Å². The third-order valence-corrected chi connectivity index (χ3v) is 3.24. The van der Waals surface area contributed by atoms with Gasteiger partial charge in [-0.05, 0) is 26.3 Å². The van der Waals surface area contributed by atoms with Crippen LogP contribution < -0.4 is 4.90 Å². The molecule has 1 N–H and O–H groups in total. The fraction of sp³-hybridized carbons (Fsp3) is 0.571. The van der Waals surface area contributed by atoms with Gasteiger partial charge < -0.3 is 10.0 Å². The maximum absolute atomic E-state index is 10.9. The summed E-state index contributed by atoms with van der Waals surface area (Å²) in [6, 6.07) is 1.74. The summed E-state index contributed by atoms with van der Waals surface area (Å²) >= 11 is 6.16. The molecule has 1 aromatic rings. The average Bonchev–Trinajstić information content (AvgIpc) is 2.35. The van der Waals surface area contributed by atoms with Crippen LogP contribution in [0.5, 0.6) is 0 Å². The standard InChI is InChI=1S/C14H21ClN2O2/c1-4-5-6-7-17(10(2)3)13-12(15)8-11(9-16-13)14(18)19/h8-10H,4-7H2,1-3H3,(H,18,19). The summed E-state index contributed by atoms with van der Waals surface area (Å²) in [7, 11) is 0. The van der Waals surface area contributed by atoms with E-state index in [0.29, 0.717) is 10.8 Å². The van der Waals surface area contributed by atoms with Gasteiger partial charge in [-0.3, -0.25) is 0 Å². The molecule has 0 saturated heterocycles. The van der Waals surface area contributed by atoms with Crippen molar-refractivity contribution >= 4 is 23.4 Å². The zero-order valence-electron chi connectivity index (χ0n) is 11.7. The highest BCUT2D eigenvalue weighted by Gasteiger charge is 2.16. The number of carboxylic acid groups (broad SMARTS) is 1. The second kappa shape index (κ2) is 7.34. The molecule has 0 bridgehead atoms. The molecule has 1 aromatic heterocycles. The normalized spacial score (nSPS) is 10.8. The molecule has 0 saturated carbocycles. The van der Waals surface area contributed by atoms with Crippen molar-refractivity contribution in [1.29, 1.82) is 0 Å². The maximum Gasteiger partial charge on any atom is 0.337 e. The summed E-state index contributed by atoms with van der Waals surface area (Å²) in [4.78, 5) is 17.2. The van der Waals surface area contributed by atoms with Crippen molar-refractivity contribution in [3.05, 3.63) is 22.8 Å². The van der Waals surface area contributed by atoms with Crippen molar-refractivity contribution in [1.82, 2.24) is 4.98 Å². The fourth-order valence-corrected chi connectivity index (χ4v) is 2.17. The van der Waals surface area contributed by atoms with Gasteiger partial charge in [-0.1, -0.05) is 31.4 Å². The zero-order valence-corrected chi connectivity index (χ0v) is 12.4. The Morgan fingerprint density at radius 2 is 2.16 bits per heavy atom. The smallest absolute Gasteiger partial charge is 0.337 e. The van der Waals surface area contributed by atoms with Crippen molar-refractivity contribution in [2.24, 2.45) is 0 Å². The lowest BCUT2D eigenvalue weighted by atomic mass is 10.2. The second-order valence-electron chi connectivity index (χ2n) is 4.83. The molecule has 0 aromatic carbocycles. The minimum absolute atomic E-state index is 0.117. The number of aromatic nitrogens is 1. The van der Waals surface area contributed by atoms with E-state index < -0.39 is 5.97 Å². The molecule has 1 rings (SSSR count). The molecule has 0 radical (unpaired) electrons. The Kier molecular flexibility index (Phi) is 6.09. The van der Waals surface area contributed by atoms with Crippen molar-refractivity contribution < 1.29 is 9.90 Å². The van der Waals surface area contributed by atoms with Gasteiger partial charge >= 0.3 is 5.97 Å². The van der Waals surface area contributed by atoms with Gasteiger partial charge in [0.15, 0.2) is 0 Å². The number of nitrogens with zero attached hydrogens (tertiary/aromatic N) is 2. The van der Waals surface area contributed by atoms with E-state index in [0.717, 1.165) is 25.8 Å². The first-order valence-electron chi connectivity index (χ1n) is 6.62. The van der Waals surface area contributed by atoms with Crippen LogP contribution in [0.3, 0.4) is 0 Å². The van der Waals surface area contributed by atoms with Crippen LogP contribution in [-0.4, -0.2) is 28.6 Å². The van der Waals surface area contributed by atoms with Crippen molar-refractivity contribution in [2.75, 3.05) is 11.4 Å². The number of unbranched alkanes of at least 4 members (excludes halogenated alkanes) is 2. The molecule has 106 valence electrons. The number of carbonyl (C=O) groups is 1. The lowest BCUT2D eigenvalue weighted by molar-refractivity contribution is 0.0696. The van der Waals surface area contributed by atoms with Crippen LogP contribution in [-0.2, 0) is 0 Å². The zero-order chi connectivity index (χ0) is 14.4. The Bertz CT molecular complexity index is 435. The summed E-state index contributed by atoms with van der Waals surface area (Å²) in [5.74, 6) is -0.346. The van der Waals surface area contributed by atoms with Gasteiger partial charge in [0.05, 0.1) is 10.6 Å². The molecule has 0 unspecified atom stereocenters. The summed E-state index contributed by atoms with van der Waals surface area (Å²) < 4.78 is 0. The molecule has 5 heteroatoms. The summed E-state index contributed by atoms with van der Waals surface area (Å²) in [6.07, 6.45) is 4.76. The maximum atomic E-state index is 10.9. The van der Waals surface area contributed by atoms with E-state index in [-0.39, 0.29) is 11.6 Å². The average molecular weight is 285 g/mol. The summed E-state index contributed by atoms with van der Waals surface area (Å²) in [6.45, 7) is 7.20. The Morgan fingerprint density at radius 3 is 2.63 bits per heavy atom. The predicted octanol–water partition coefficient (Wildman–Crippen LogP) is 3.84. The molecule has 0 aliphatic rings. The number of rotatable bonds is 7. The lowest BCUT2D eigenvalue weighted by Gasteiger charge is -2.28. The number of anilines is 1. The second-order valence-corrected chi connectivity index (χ2v) is 5.24. The van der Waals surface area contributed by atoms with Gasteiger partial charge in [0, 0.05) is 18.8 Å². The predicted molar refractivity (Wildman–Crippen MR) is 78.2 cm³/mol. The highest BCUT2D eigenvalue weighted by molar-refractivity contribution is 6.33. The molecular weight excluding hydrogens is 264 g/mol. The van der Waals surface area contributed by atoms with E-state index >= 15 is 0 Å². The molecule has 0 amide bonds. The number of halogens is 1. The van der Waals surface area contributed by atoms with Crippen LogP contribution in [0.15, 0.2) is 12.3 Å². The van der Waals surface area contributed by atoms with Crippen molar-refractivity contribution in [3.8, 4) is 0 Å². The molecule has 0 fully saturated rings. The SMILES string of the molecule is CCCCCN(c1ncc(C(=O)O)cc1Cl)C(C)C. The molecular formula is C14H21ClN2O2. The van der Waals surface area contributed by atoms with E-state index in [2.05, 4.69) is 30.7 Å². The summed E-state index contributed by atoms with van der Waals surface area (Å²) in [5.41, 5.74) is 0.117. The van der Waals surface area contributed by atoms with Crippen molar-refractivity contribution in [2.45, 2.75) is 46.1 Å². The lowest BCUT2D eigenvalue weighted by Crippen LogP contribution is -2.32. The molecule has 0 spiro atoms. The number of carboxylic acids is 1. The van der Waals surface area contributed by atoms with Crippen molar-refractivity contribution in [3.63, 3.8) is 0 Å². The Labute approximate surface area is 119 Å². The molecule has 1 heterocycles. The summed E-state index contributed by atoms with van der Waals surface area (Å²) in [5, 5.41) is 9.30. The van der Waals surface area contributed by atoms with Crippen LogP contribution in [0.2, 0.25) is 5.02 Å². The van der Waals surface area contributed by atoms with E-state index in [1.165, 1.54) is 12.3 Å². The number of hydrogen-bond donors (Lipinski definition) is 1. The van der Waals surface area contributed by atoms with E-state index in [1.807, 2.05) is 0 Å². The van der Waals surface area contributed by atoms with E-state index in [1.54, 1.807) is 0 Å². The number of pyridine rings is 1. The topological polar surface area (TPSA) is 53.4 Å². The van der Waals surface area contributed by atoms with E-state index in [9.17, 15) is 4.79 Å². The third kappa shape index (κ3) is 4.39. The highest BCUT2D eigenvalue weighted by Crippen LogP contribution is 2.26. The molecule has 0 aliphatic heterocycles. The molecule has 0 aliphatic carbocycles. The Morgan fingerprint density at radius 1 is 1.47 bits per heavy atom.